The molecule has 0 bridgehead atoms. The van der Waals surface area contributed by atoms with Gasteiger partial charge >= 0.3 is 6.18 Å². The van der Waals surface area contributed by atoms with Crippen LogP contribution in [-0.4, -0.2) is 19.6 Å². The number of nitrogens with zero attached hydrogens (tertiary/aromatic N) is 3. The summed E-state index contributed by atoms with van der Waals surface area (Å²) >= 11 is 0. The molecule has 2 aromatic heterocycles. The first-order chi connectivity index (χ1) is 17.7. The molecule has 1 aromatic carbocycles. The van der Waals surface area contributed by atoms with Crippen LogP contribution in [0.15, 0.2) is 58.9 Å². The molecule has 0 radical (unpaired) electrons. The molecule has 0 aliphatic rings. The predicted molar refractivity (Wildman–Crippen MR) is 148 cm³/mol. The van der Waals surface area contributed by atoms with Crippen molar-refractivity contribution in [1.82, 2.24) is 19.6 Å². The van der Waals surface area contributed by atoms with Gasteiger partial charge in [0, 0.05) is 17.7 Å². The Morgan fingerprint density at radius 2 is 1.76 bits per heavy atom. The van der Waals surface area contributed by atoms with Crippen LogP contribution in [0.5, 0.6) is 0 Å². The number of hydrogen-bond acceptors (Lipinski definition) is 4. The Labute approximate surface area is 218 Å². The Hall–Kier alpha value is -3.36. The summed E-state index contributed by atoms with van der Waals surface area (Å²) in [7, 11) is 0. The molecule has 0 aliphatic heterocycles. The van der Waals surface area contributed by atoms with E-state index in [-0.39, 0.29) is 29.5 Å². The van der Waals surface area contributed by atoms with Gasteiger partial charge in [-0.2, -0.15) is 22.7 Å². The Morgan fingerprint density at radius 3 is 2.35 bits per heavy atom. The number of aromatic nitrogens is 4. The SMILES string of the molecule is CC.CC.CC.CC/C=C(C)\C=C/C(C)c1nc2nc(CNc3cccc(C(F)(F)F)c3)cc(=O)n2[nH]1. The van der Waals surface area contributed by atoms with Crippen molar-refractivity contribution in [2.24, 2.45) is 0 Å². The van der Waals surface area contributed by atoms with Crippen molar-refractivity contribution in [2.75, 3.05) is 5.32 Å². The van der Waals surface area contributed by atoms with Crippen LogP contribution in [0.3, 0.4) is 0 Å². The molecule has 0 saturated heterocycles. The van der Waals surface area contributed by atoms with Gasteiger partial charge in [-0.05, 0) is 31.5 Å². The number of benzene rings is 1. The molecule has 1 atom stereocenters. The first kappa shape index (κ1) is 33.6. The fourth-order valence-electron chi connectivity index (χ4n) is 3.01. The lowest BCUT2D eigenvalue weighted by molar-refractivity contribution is -0.137. The van der Waals surface area contributed by atoms with Crippen LogP contribution in [0.25, 0.3) is 5.78 Å². The highest BCUT2D eigenvalue weighted by Crippen LogP contribution is 2.30. The van der Waals surface area contributed by atoms with Gasteiger partial charge in [0.1, 0.15) is 5.82 Å². The van der Waals surface area contributed by atoms with Gasteiger partial charge in [-0.15, -0.1) is 0 Å². The van der Waals surface area contributed by atoms with Crippen molar-refractivity contribution < 1.29 is 13.2 Å². The molecule has 0 amide bonds. The van der Waals surface area contributed by atoms with Gasteiger partial charge < -0.3 is 5.32 Å². The minimum Gasteiger partial charge on any atom is -0.379 e. The number of halogens is 3. The molecular formula is C28H42F3N5O. The van der Waals surface area contributed by atoms with E-state index < -0.39 is 11.7 Å². The monoisotopic (exact) mass is 521 g/mol. The van der Waals surface area contributed by atoms with E-state index in [1.807, 2.05) is 67.5 Å². The maximum atomic E-state index is 12.9. The van der Waals surface area contributed by atoms with E-state index in [0.29, 0.717) is 11.5 Å². The van der Waals surface area contributed by atoms with E-state index in [4.69, 9.17) is 0 Å². The summed E-state index contributed by atoms with van der Waals surface area (Å²) < 4.78 is 39.8. The van der Waals surface area contributed by atoms with Crippen LogP contribution in [0.4, 0.5) is 18.9 Å². The van der Waals surface area contributed by atoms with Crippen LogP contribution >= 0.6 is 0 Å². The third-order valence-corrected chi connectivity index (χ3v) is 4.67. The van der Waals surface area contributed by atoms with Gasteiger partial charge in [0.05, 0.1) is 17.8 Å². The number of anilines is 1. The van der Waals surface area contributed by atoms with Crippen molar-refractivity contribution in [2.45, 2.75) is 87.4 Å². The third-order valence-electron chi connectivity index (χ3n) is 4.67. The molecule has 9 heteroatoms. The molecule has 0 spiro atoms. The first-order valence-electron chi connectivity index (χ1n) is 12.9. The van der Waals surface area contributed by atoms with Crippen molar-refractivity contribution >= 4 is 11.5 Å². The minimum absolute atomic E-state index is 0.0620. The van der Waals surface area contributed by atoms with E-state index >= 15 is 0 Å². The average molecular weight is 522 g/mol. The number of fused-ring (bicyclic) bond motifs is 1. The number of alkyl halides is 3. The highest BCUT2D eigenvalue weighted by Gasteiger charge is 2.30. The number of aromatic amines is 1. The van der Waals surface area contributed by atoms with Gasteiger partial charge in [0.15, 0.2) is 0 Å². The number of nitrogens with one attached hydrogen (secondary N) is 2. The summed E-state index contributed by atoms with van der Waals surface area (Å²) in [5.74, 6) is 0.741. The van der Waals surface area contributed by atoms with E-state index in [2.05, 4.69) is 33.4 Å². The van der Waals surface area contributed by atoms with E-state index in [0.717, 1.165) is 24.1 Å². The fraction of sp³-hybridized carbons (Fsp3) is 0.464. The van der Waals surface area contributed by atoms with Crippen molar-refractivity contribution in [1.29, 1.82) is 0 Å². The summed E-state index contributed by atoms with van der Waals surface area (Å²) in [5, 5.41) is 5.83. The van der Waals surface area contributed by atoms with Crippen molar-refractivity contribution in [3.05, 3.63) is 81.6 Å². The van der Waals surface area contributed by atoms with Gasteiger partial charge in [-0.25, -0.2) is 4.98 Å². The zero-order chi connectivity index (χ0) is 28.6. The second-order valence-corrected chi connectivity index (χ2v) is 7.27. The molecule has 3 rings (SSSR count). The van der Waals surface area contributed by atoms with Crippen molar-refractivity contribution in [3.8, 4) is 0 Å². The Balaban J connectivity index is 0.00000201. The number of H-pyrrole nitrogens is 1. The number of rotatable bonds is 7. The standard InChI is InChI=1S/C22H24F3N5O.3C2H6/c1-4-6-14(2)9-10-15(3)20-28-21-27-18(12-19(31)30(21)29-20)13-26-17-8-5-7-16(11-17)22(23,24)25;3*1-2/h5-12,15,26H,4,13H2,1-3H3,(H,27,28,29);3*1-2H3/b10-9-,14-6-;;;. The zero-order valence-corrected chi connectivity index (χ0v) is 23.5. The quantitative estimate of drug-likeness (QED) is 0.308. The molecule has 3 aromatic rings. The molecule has 37 heavy (non-hydrogen) atoms. The summed E-state index contributed by atoms with van der Waals surface area (Å²) in [5.41, 5.74) is 0.717. The lowest BCUT2D eigenvalue weighted by atomic mass is 10.1. The van der Waals surface area contributed by atoms with E-state index in [9.17, 15) is 18.0 Å². The maximum Gasteiger partial charge on any atom is 0.416 e. The largest absolute Gasteiger partial charge is 0.416 e. The Morgan fingerprint density at radius 1 is 1.11 bits per heavy atom. The fourth-order valence-corrected chi connectivity index (χ4v) is 3.01. The molecule has 1 unspecified atom stereocenters. The maximum absolute atomic E-state index is 12.9. The zero-order valence-electron chi connectivity index (χ0n) is 23.5. The molecular weight excluding hydrogens is 479 g/mol. The summed E-state index contributed by atoms with van der Waals surface area (Å²) in [6, 6.07) is 6.19. The van der Waals surface area contributed by atoms with Gasteiger partial charge in [-0.1, -0.05) is 85.3 Å². The molecule has 0 saturated carbocycles. The van der Waals surface area contributed by atoms with Gasteiger partial charge in [0.2, 0.25) is 0 Å². The molecule has 0 fully saturated rings. The number of hydrogen-bond donors (Lipinski definition) is 2. The third kappa shape index (κ3) is 10.7. The van der Waals surface area contributed by atoms with Crippen LogP contribution in [0, 0.1) is 0 Å². The second kappa shape index (κ2) is 17.2. The minimum atomic E-state index is -4.42. The van der Waals surface area contributed by atoms with Crippen LogP contribution in [0.2, 0.25) is 0 Å². The average Bonchev–Trinajstić information content (AvgIpc) is 3.35. The smallest absolute Gasteiger partial charge is 0.379 e. The summed E-state index contributed by atoms with van der Waals surface area (Å²) in [4.78, 5) is 21.2. The highest BCUT2D eigenvalue weighted by molar-refractivity contribution is 5.47. The summed E-state index contributed by atoms with van der Waals surface area (Å²) in [6.45, 7) is 18.1. The Bertz CT molecular complexity index is 1180. The molecule has 6 nitrogen and oxygen atoms in total. The summed E-state index contributed by atoms with van der Waals surface area (Å²) in [6.07, 6.45) is 2.63. The first-order valence-corrected chi connectivity index (χ1v) is 12.9. The topological polar surface area (TPSA) is 75.1 Å². The Kier molecular flexibility index (Phi) is 15.6. The second-order valence-electron chi connectivity index (χ2n) is 7.27. The molecule has 0 aliphatic carbocycles. The molecule has 2 heterocycles. The van der Waals surface area contributed by atoms with Crippen LogP contribution in [-0.2, 0) is 12.7 Å². The van der Waals surface area contributed by atoms with Crippen molar-refractivity contribution in [3.63, 3.8) is 0 Å². The normalized spacial score (nSPS) is 12.1. The van der Waals surface area contributed by atoms with Crippen LogP contribution in [0.1, 0.15) is 91.7 Å². The van der Waals surface area contributed by atoms with Gasteiger partial charge in [0.25, 0.3) is 11.3 Å². The highest BCUT2D eigenvalue weighted by atomic mass is 19.4. The van der Waals surface area contributed by atoms with E-state index in [1.165, 1.54) is 22.7 Å². The number of allylic oxidation sites excluding steroid dienone is 4. The van der Waals surface area contributed by atoms with Crippen LogP contribution < -0.4 is 10.9 Å². The molecule has 206 valence electrons. The lowest BCUT2D eigenvalue weighted by Gasteiger charge is -2.10. The van der Waals surface area contributed by atoms with E-state index in [1.54, 1.807) is 0 Å². The van der Waals surface area contributed by atoms with Gasteiger partial charge in [-0.3, -0.25) is 9.89 Å². The lowest BCUT2D eigenvalue weighted by Crippen LogP contribution is -2.17. The molecule has 2 N–H and O–H groups in total. The predicted octanol–water partition coefficient (Wildman–Crippen LogP) is 8.14.